The molecular formula is C14H28N2O3P2. The Hall–Kier alpha value is -0.390. The quantitative estimate of drug-likeness (QED) is 0.336. The highest BCUT2D eigenvalue weighted by atomic mass is 31.2. The van der Waals surface area contributed by atoms with Crippen molar-refractivity contribution >= 4 is 15.7 Å². The molecule has 0 radical (unpaired) electrons. The molecule has 0 aromatic rings. The highest BCUT2D eigenvalue weighted by Gasteiger charge is 2.27. The highest BCUT2D eigenvalue weighted by molar-refractivity contribution is 7.62. The fourth-order valence-electron chi connectivity index (χ4n) is 1.69. The topological polar surface area (TPSA) is 62.6 Å². The predicted octanol–water partition coefficient (Wildman–Crippen LogP) is 4.42. The van der Waals surface area contributed by atoms with Crippen molar-refractivity contribution < 1.29 is 13.6 Å². The predicted molar refractivity (Wildman–Crippen MR) is 89.8 cm³/mol. The molecule has 0 spiro atoms. The van der Waals surface area contributed by atoms with E-state index in [0.717, 1.165) is 0 Å². The van der Waals surface area contributed by atoms with Crippen LogP contribution in [0.3, 0.4) is 0 Å². The van der Waals surface area contributed by atoms with Gasteiger partial charge in [0, 0.05) is 18.2 Å². The van der Waals surface area contributed by atoms with Gasteiger partial charge in [-0.15, -0.1) is 0 Å². The molecule has 0 fully saturated rings. The Balaban J connectivity index is 4.72. The first kappa shape index (κ1) is 20.6. The van der Waals surface area contributed by atoms with Gasteiger partial charge in [-0.1, -0.05) is 0 Å². The van der Waals surface area contributed by atoms with E-state index in [4.69, 9.17) is 14.3 Å². The lowest BCUT2D eigenvalue weighted by Crippen LogP contribution is -2.33. The van der Waals surface area contributed by atoms with Crippen LogP contribution in [0.4, 0.5) is 0 Å². The third-order valence-corrected chi connectivity index (χ3v) is 5.55. The minimum absolute atomic E-state index is 0.273. The van der Waals surface area contributed by atoms with Crippen LogP contribution in [0.2, 0.25) is 0 Å². The molecule has 1 atom stereocenters. The van der Waals surface area contributed by atoms with Gasteiger partial charge >= 0.3 is 8.53 Å². The van der Waals surface area contributed by atoms with Crippen LogP contribution in [0.25, 0.3) is 0 Å². The van der Waals surface area contributed by atoms with Crippen LogP contribution in [0.5, 0.6) is 0 Å². The summed E-state index contributed by atoms with van der Waals surface area (Å²) < 4.78 is 25.2. The van der Waals surface area contributed by atoms with Gasteiger partial charge in [0.2, 0.25) is 0 Å². The molecule has 0 aliphatic heterocycles. The van der Waals surface area contributed by atoms with E-state index < -0.39 is 15.7 Å². The van der Waals surface area contributed by atoms with Gasteiger partial charge in [0.1, 0.15) is 0 Å². The molecule has 122 valence electrons. The maximum atomic E-state index is 11.6. The summed E-state index contributed by atoms with van der Waals surface area (Å²) in [4.78, 5) is 0. The van der Waals surface area contributed by atoms with Crippen LogP contribution in [0, 0.1) is 11.3 Å². The monoisotopic (exact) mass is 334 g/mol. The number of allylic oxidation sites excluding steroid dienone is 1. The van der Waals surface area contributed by atoms with Crippen LogP contribution >= 0.6 is 15.7 Å². The summed E-state index contributed by atoms with van der Waals surface area (Å²) in [6.45, 7) is 12.2. The van der Waals surface area contributed by atoms with Crippen LogP contribution in [-0.4, -0.2) is 42.9 Å². The minimum Gasteiger partial charge on any atom is -0.444 e. The van der Waals surface area contributed by atoms with Crippen molar-refractivity contribution in [2.24, 2.45) is 0 Å². The van der Waals surface area contributed by atoms with E-state index in [2.05, 4.69) is 38.4 Å². The van der Waals surface area contributed by atoms with Crippen molar-refractivity contribution in [1.29, 1.82) is 5.26 Å². The van der Waals surface area contributed by atoms with Crippen LogP contribution in [-0.2, 0) is 13.6 Å². The maximum absolute atomic E-state index is 11.6. The second kappa shape index (κ2) is 10.4. The smallest absolute Gasteiger partial charge is 0.320 e. The Morgan fingerprint density at radius 3 is 2.29 bits per heavy atom. The first-order valence-corrected chi connectivity index (χ1v) is 11.0. The van der Waals surface area contributed by atoms with E-state index in [-0.39, 0.29) is 12.1 Å². The normalized spacial score (nSPS) is 14.1. The summed E-state index contributed by atoms with van der Waals surface area (Å²) in [5.74, 6) is 0. The van der Waals surface area contributed by atoms with E-state index in [0.29, 0.717) is 19.2 Å². The summed E-state index contributed by atoms with van der Waals surface area (Å²) in [7, 11) is -3.33. The van der Waals surface area contributed by atoms with Crippen molar-refractivity contribution in [3.63, 3.8) is 0 Å². The lowest BCUT2D eigenvalue weighted by Gasteiger charge is -2.34. The first-order valence-electron chi connectivity index (χ1n) is 7.13. The van der Waals surface area contributed by atoms with Gasteiger partial charge in [-0.05, 0) is 47.1 Å². The largest absolute Gasteiger partial charge is 0.444 e. The van der Waals surface area contributed by atoms with Gasteiger partial charge in [0.25, 0.3) is 0 Å². The third-order valence-electron chi connectivity index (χ3n) is 2.45. The van der Waals surface area contributed by atoms with Crippen molar-refractivity contribution in [3.8, 4) is 6.07 Å². The summed E-state index contributed by atoms with van der Waals surface area (Å²) in [6, 6.07) is 2.61. The molecule has 0 aromatic heterocycles. The fraction of sp³-hybridized carbons (Fsp3) is 0.786. The van der Waals surface area contributed by atoms with Gasteiger partial charge in [-0.25, -0.2) is 4.67 Å². The first-order chi connectivity index (χ1) is 9.69. The second-order valence-electron chi connectivity index (χ2n) is 5.78. The van der Waals surface area contributed by atoms with Crippen molar-refractivity contribution in [2.45, 2.75) is 46.2 Å². The van der Waals surface area contributed by atoms with Gasteiger partial charge in [0.15, 0.2) is 0 Å². The molecule has 0 saturated carbocycles. The van der Waals surface area contributed by atoms with Gasteiger partial charge in [-0.2, -0.15) is 5.26 Å². The third kappa shape index (κ3) is 10.0. The standard InChI is InChI=1S/C14H28N2O3P2/c1-13(2)16(14(3)4)20(18-10-7-9-15)19-11-8-12-21(5,6)17/h8,11,13-14H,7,10,12H2,1-6H3/b11-8+. The Morgan fingerprint density at radius 1 is 1.29 bits per heavy atom. The van der Waals surface area contributed by atoms with Crippen molar-refractivity contribution in [2.75, 3.05) is 26.1 Å². The number of nitriles is 1. The Kier molecular flexibility index (Phi) is 10.2. The van der Waals surface area contributed by atoms with Gasteiger partial charge in [-0.3, -0.25) is 0 Å². The SMILES string of the molecule is CC(C)N(C(C)C)P(O/C=C/CP(C)(C)=O)OCCC#N. The zero-order valence-electron chi connectivity index (χ0n) is 13.9. The Bertz CT molecular complexity index is 392. The van der Waals surface area contributed by atoms with E-state index in [1.807, 2.05) is 0 Å². The maximum Gasteiger partial charge on any atom is 0.320 e. The van der Waals surface area contributed by atoms with Crippen molar-refractivity contribution in [1.82, 2.24) is 4.67 Å². The average Bonchev–Trinajstić information content (AvgIpc) is 2.32. The molecule has 0 bridgehead atoms. The summed E-state index contributed by atoms with van der Waals surface area (Å²) in [6.07, 6.45) is 4.21. The average molecular weight is 334 g/mol. The number of hydrogen-bond acceptors (Lipinski definition) is 5. The Morgan fingerprint density at radius 2 is 1.86 bits per heavy atom. The molecule has 5 nitrogen and oxygen atoms in total. The molecular weight excluding hydrogens is 306 g/mol. The zero-order chi connectivity index (χ0) is 16.5. The van der Waals surface area contributed by atoms with Crippen LogP contribution in [0.15, 0.2) is 12.3 Å². The molecule has 0 N–H and O–H groups in total. The molecule has 0 amide bonds. The van der Waals surface area contributed by atoms with Crippen LogP contribution < -0.4 is 0 Å². The Labute approximate surface area is 130 Å². The van der Waals surface area contributed by atoms with E-state index in [1.165, 1.54) is 0 Å². The summed E-state index contributed by atoms with van der Waals surface area (Å²) >= 11 is 0. The van der Waals surface area contributed by atoms with Crippen LogP contribution in [0.1, 0.15) is 34.1 Å². The molecule has 1 unspecified atom stereocenters. The fourth-order valence-corrected chi connectivity index (χ4v) is 3.78. The van der Waals surface area contributed by atoms with E-state index in [1.54, 1.807) is 25.7 Å². The van der Waals surface area contributed by atoms with Gasteiger partial charge < -0.3 is 13.6 Å². The highest BCUT2D eigenvalue weighted by Crippen LogP contribution is 2.46. The summed E-state index contributed by atoms with van der Waals surface area (Å²) in [5.41, 5.74) is 0. The molecule has 7 heteroatoms. The van der Waals surface area contributed by atoms with E-state index >= 15 is 0 Å². The lowest BCUT2D eigenvalue weighted by atomic mass is 10.3. The molecule has 0 saturated heterocycles. The molecule has 21 heavy (non-hydrogen) atoms. The summed E-state index contributed by atoms with van der Waals surface area (Å²) in [5, 5.41) is 8.62. The zero-order valence-corrected chi connectivity index (χ0v) is 15.7. The van der Waals surface area contributed by atoms with Crippen molar-refractivity contribution in [3.05, 3.63) is 12.3 Å². The van der Waals surface area contributed by atoms with E-state index in [9.17, 15) is 4.57 Å². The number of rotatable bonds is 10. The molecule has 0 rings (SSSR count). The molecule has 0 aliphatic rings. The minimum atomic E-state index is -2.07. The number of hydrogen-bond donors (Lipinski definition) is 0. The lowest BCUT2D eigenvalue weighted by molar-refractivity contribution is 0.208. The second-order valence-corrected chi connectivity index (χ2v) is 10.7. The molecule has 0 aromatic carbocycles. The van der Waals surface area contributed by atoms with Gasteiger partial charge in [0.05, 0.1) is 32.5 Å². The molecule has 0 aliphatic carbocycles. The molecule has 0 heterocycles. The number of nitrogens with zero attached hydrogens (tertiary/aromatic N) is 2.